The Morgan fingerprint density at radius 2 is 1.02 bits per heavy atom. The molecule has 0 unspecified atom stereocenters. The molecule has 2 aromatic heterocycles. The normalized spacial score (nSPS) is 12.4. The second-order valence-electron chi connectivity index (χ2n) is 12.9. The Bertz CT molecular complexity index is 2540. The summed E-state index contributed by atoms with van der Waals surface area (Å²) in [7, 11) is -1.56. The minimum atomic E-state index is -1.56. The molecule has 0 aliphatic carbocycles. The second kappa shape index (κ2) is 9.40. The van der Waals surface area contributed by atoms with Gasteiger partial charge in [0.25, 0.3) is 0 Å². The Balaban J connectivity index is 1.31. The van der Waals surface area contributed by atoms with Gasteiger partial charge in [0.2, 0.25) is 0 Å². The molecular weight excluding hydrogens is 569 g/mol. The molecule has 0 amide bonds. The predicted octanol–water partition coefficient (Wildman–Crippen LogP) is 12.1. The van der Waals surface area contributed by atoms with Crippen molar-refractivity contribution < 1.29 is 4.42 Å². The van der Waals surface area contributed by atoms with Crippen molar-refractivity contribution >= 4 is 88.3 Å². The van der Waals surface area contributed by atoms with Crippen LogP contribution in [0.1, 0.15) is 0 Å². The molecule has 9 rings (SSSR count). The van der Waals surface area contributed by atoms with E-state index >= 15 is 0 Å². The van der Waals surface area contributed by atoms with Crippen molar-refractivity contribution in [1.29, 1.82) is 0 Å². The third-order valence-electron chi connectivity index (χ3n) is 9.13. The minimum absolute atomic E-state index is 0.972. The molecule has 0 aliphatic rings. The van der Waals surface area contributed by atoms with Gasteiger partial charge in [0.05, 0.1) is 5.38 Å². The van der Waals surface area contributed by atoms with Gasteiger partial charge in [-0.15, -0.1) is 11.3 Å². The van der Waals surface area contributed by atoms with E-state index < -0.39 is 8.07 Å². The zero-order valence-electron chi connectivity index (χ0n) is 24.9. The molecule has 0 saturated heterocycles. The molecule has 0 aliphatic heterocycles. The highest BCUT2D eigenvalue weighted by Gasteiger charge is 2.23. The Morgan fingerprint density at radius 3 is 1.68 bits per heavy atom. The molecule has 0 saturated carbocycles. The fraction of sp³-hybridized carbons (Fsp3) is 0.0732. The molecule has 210 valence electrons. The first-order valence-electron chi connectivity index (χ1n) is 15.3. The standard InChI is InChI=1S/C41H30OSSi/c1-44(2,3)38-24-26-16-17-27(22-36(26)42-38)39-31-12-6-8-14-33(31)40(34-15-9-7-13-32(34)39)28-19-20-30-35-21-18-25-10-4-5-11-29(25)41(35)43-37(30)23-28/h4-24H,1-3H3. The van der Waals surface area contributed by atoms with Crippen molar-refractivity contribution in [3.8, 4) is 22.3 Å². The Hall–Kier alpha value is -4.70. The summed E-state index contributed by atoms with van der Waals surface area (Å²) in [6.45, 7) is 7.01. The number of benzene rings is 7. The Labute approximate surface area is 261 Å². The molecule has 0 fully saturated rings. The first kappa shape index (κ1) is 25.8. The van der Waals surface area contributed by atoms with Crippen LogP contribution in [0.3, 0.4) is 0 Å². The highest BCUT2D eigenvalue weighted by atomic mass is 32.1. The second-order valence-corrected chi connectivity index (χ2v) is 19.0. The third-order valence-corrected chi connectivity index (χ3v) is 12.1. The third kappa shape index (κ3) is 3.83. The van der Waals surface area contributed by atoms with Gasteiger partial charge in [-0.1, -0.05) is 129 Å². The van der Waals surface area contributed by atoms with Gasteiger partial charge in [0.15, 0.2) is 0 Å². The maximum Gasteiger partial charge on any atom is 0.134 e. The predicted molar refractivity (Wildman–Crippen MR) is 195 cm³/mol. The number of thiophene rings is 1. The Morgan fingerprint density at radius 1 is 0.477 bits per heavy atom. The van der Waals surface area contributed by atoms with Crippen molar-refractivity contribution in [3.63, 3.8) is 0 Å². The topological polar surface area (TPSA) is 13.1 Å². The van der Waals surface area contributed by atoms with Crippen LogP contribution in [0.4, 0.5) is 0 Å². The van der Waals surface area contributed by atoms with Crippen molar-refractivity contribution in [3.05, 3.63) is 127 Å². The zero-order valence-corrected chi connectivity index (χ0v) is 26.8. The molecule has 0 atom stereocenters. The Kier molecular flexibility index (Phi) is 5.50. The summed E-state index contributed by atoms with van der Waals surface area (Å²) in [5.74, 6) is 0. The van der Waals surface area contributed by atoms with Crippen LogP contribution in [0.2, 0.25) is 19.6 Å². The molecule has 7 aromatic carbocycles. The summed E-state index contributed by atoms with van der Waals surface area (Å²) >= 11 is 1.91. The SMILES string of the molecule is C[Si](C)(C)c1cc2ccc(-c3c4ccccc4c(-c4ccc5c(c4)sc4c6ccccc6ccc54)c4ccccc34)cc2o1. The van der Waals surface area contributed by atoms with Crippen LogP contribution in [-0.4, -0.2) is 8.07 Å². The zero-order chi connectivity index (χ0) is 29.6. The van der Waals surface area contributed by atoms with E-state index in [1.54, 1.807) is 0 Å². The molecule has 0 N–H and O–H groups in total. The lowest BCUT2D eigenvalue weighted by molar-refractivity contribution is 0.648. The fourth-order valence-electron chi connectivity index (χ4n) is 6.97. The minimum Gasteiger partial charge on any atom is -0.466 e. The summed E-state index contributed by atoms with van der Waals surface area (Å²) < 4.78 is 9.16. The lowest BCUT2D eigenvalue weighted by Gasteiger charge is -2.17. The van der Waals surface area contributed by atoms with E-state index in [2.05, 4.69) is 147 Å². The number of rotatable bonds is 3. The van der Waals surface area contributed by atoms with Gasteiger partial charge in [-0.05, 0) is 72.8 Å². The largest absolute Gasteiger partial charge is 0.466 e. The monoisotopic (exact) mass is 598 g/mol. The van der Waals surface area contributed by atoms with Crippen LogP contribution < -0.4 is 5.38 Å². The van der Waals surface area contributed by atoms with Crippen LogP contribution in [0.5, 0.6) is 0 Å². The molecule has 2 heterocycles. The maximum atomic E-state index is 6.47. The fourth-order valence-corrected chi connectivity index (χ4v) is 9.25. The average molecular weight is 599 g/mol. The van der Waals surface area contributed by atoms with E-state index in [9.17, 15) is 0 Å². The van der Waals surface area contributed by atoms with Crippen LogP contribution in [0, 0.1) is 0 Å². The summed E-state index contributed by atoms with van der Waals surface area (Å²) in [6, 6.07) is 47.2. The molecular formula is C41H30OSSi. The van der Waals surface area contributed by atoms with Crippen LogP contribution in [0.25, 0.3) is 85.7 Å². The van der Waals surface area contributed by atoms with E-state index in [0.29, 0.717) is 0 Å². The van der Waals surface area contributed by atoms with Gasteiger partial charge in [-0.25, -0.2) is 0 Å². The molecule has 0 bridgehead atoms. The van der Waals surface area contributed by atoms with Gasteiger partial charge >= 0.3 is 0 Å². The van der Waals surface area contributed by atoms with E-state index in [1.807, 2.05) is 11.3 Å². The lowest BCUT2D eigenvalue weighted by atomic mass is 9.86. The van der Waals surface area contributed by atoms with Gasteiger partial charge in [-0.2, -0.15) is 0 Å². The van der Waals surface area contributed by atoms with Gasteiger partial charge in [0, 0.05) is 25.6 Å². The van der Waals surface area contributed by atoms with Crippen molar-refractivity contribution in [1.82, 2.24) is 0 Å². The molecule has 0 radical (unpaired) electrons. The highest BCUT2D eigenvalue weighted by molar-refractivity contribution is 7.26. The van der Waals surface area contributed by atoms with Crippen molar-refractivity contribution in [2.24, 2.45) is 0 Å². The van der Waals surface area contributed by atoms with Crippen molar-refractivity contribution in [2.75, 3.05) is 0 Å². The molecule has 0 spiro atoms. The first-order valence-corrected chi connectivity index (χ1v) is 19.6. The van der Waals surface area contributed by atoms with Gasteiger partial charge < -0.3 is 4.42 Å². The summed E-state index contributed by atoms with van der Waals surface area (Å²) in [6.07, 6.45) is 0. The summed E-state index contributed by atoms with van der Waals surface area (Å²) in [5.41, 5.74) is 5.99. The molecule has 9 aromatic rings. The number of hydrogen-bond acceptors (Lipinski definition) is 2. The van der Waals surface area contributed by atoms with Gasteiger partial charge in [-0.3, -0.25) is 0 Å². The van der Waals surface area contributed by atoms with Crippen LogP contribution in [0.15, 0.2) is 132 Å². The smallest absolute Gasteiger partial charge is 0.134 e. The number of furan rings is 1. The lowest BCUT2D eigenvalue weighted by Crippen LogP contribution is -2.36. The average Bonchev–Trinajstić information content (AvgIpc) is 3.65. The quantitative estimate of drug-likeness (QED) is 0.146. The van der Waals surface area contributed by atoms with Crippen molar-refractivity contribution in [2.45, 2.75) is 19.6 Å². The van der Waals surface area contributed by atoms with Crippen LogP contribution >= 0.6 is 11.3 Å². The molecule has 3 heteroatoms. The van der Waals surface area contributed by atoms with E-state index in [0.717, 1.165) is 11.0 Å². The molecule has 44 heavy (non-hydrogen) atoms. The van der Waals surface area contributed by atoms with E-state index in [-0.39, 0.29) is 0 Å². The first-order chi connectivity index (χ1) is 21.4. The van der Waals surface area contributed by atoms with E-state index in [4.69, 9.17) is 4.42 Å². The van der Waals surface area contributed by atoms with E-state index in [1.165, 1.54) is 80.1 Å². The molecule has 1 nitrogen and oxygen atoms in total. The highest BCUT2D eigenvalue weighted by Crippen LogP contribution is 2.46. The van der Waals surface area contributed by atoms with Gasteiger partial charge in [0.1, 0.15) is 13.7 Å². The number of fused-ring (bicyclic) bond motifs is 8. The summed E-state index contributed by atoms with van der Waals surface area (Å²) in [5, 5.41) is 12.7. The number of hydrogen-bond donors (Lipinski definition) is 0. The summed E-state index contributed by atoms with van der Waals surface area (Å²) in [4.78, 5) is 0. The maximum absolute atomic E-state index is 6.47. The van der Waals surface area contributed by atoms with Crippen LogP contribution in [-0.2, 0) is 0 Å².